The molecular formula is C38H44N4O3S. The molecule has 1 unspecified atom stereocenters. The van der Waals surface area contributed by atoms with E-state index >= 15 is 0 Å². The minimum atomic E-state index is -3.20. The molecule has 240 valence electrons. The highest BCUT2D eigenvalue weighted by Crippen LogP contribution is 2.38. The van der Waals surface area contributed by atoms with Gasteiger partial charge in [0.2, 0.25) is 0 Å². The largest absolute Gasteiger partial charge is 0.381 e. The van der Waals surface area contributed by atoms with E-state index in [4.69, 9.17) is 9.72 Å². The van der Waals surface area contributed by atoms with Crippen molar-refractivity contribution in [2.45, 2.75) is 79.8 Å². The molecule has 8 rings (SSSR count). The van der Waals surface area contributed by atoms with Gasteiger partial charge in [0.15, 0.2) is 9.84 Å². The van der Waals surface area contributed by atoms with Crippen molar-refractivity contribution in [3.8, 4) is 11.4 Å². The van der Waals surface area contributed by atoms with Crippen LogP contribution >= 0.6 is 0 Å². The van der Waals surface area contributed by atoms with Crippen LogP contribution in [0.4, 0.5) is 0 Å². The zero-order valence-corrected chi connectivity index (χ0v) is 27.2. The Hall–Kier alpha value is -3.30. The summed E-state index contributed by atoms with van der Waals surface area (Å²) in [6.45, 7) is 5.89. The number of nitrogens with one attached hydrogen (secondary N) is 1. The predicted octanol–water partition coefficient (Wildman–Crippen LogP) is 6.42. The second kappa shape index (κ2) is 12.7. The van der Waals surface area contributed by atoms with Crippen molar-refractivity contribution in [3.05, 3.63) is 107 Å². The molecule has 0 radical (unpaired) electrons. The van der Waals surface area contributed by atoms with Crippen LogP contribution in [0.15, 0.2) is 90.0 Å². The number of H-pyrrole nitrogens is 1. The molecule has 1 saturated carbocycles. The summed E-state index contributed by atoms with van der Waals surface area (Å²) in [5.41, 5.74) is 6.93. The summed E-state index contributed by atoms with van der Waals surface area (Å²) >= 11 is 0. The van der Waals surface area contributed by atoms with Crippen molar-refractivity contribution in [2.75, 3.05) is 26.3 Å². The molecule has 0 spiro atoms. The van der Waals surface area contributed by atoms with Crippen molar-refractivity contribution < 1.29 is 13.2 Å². The maximum Gasteiger partial charge on any atom is 0.181 e. The molecule has 1 N–H and O–H groups in total. The molecule has 7 nitrogen and oxygen atoms in total. The number of benzene rings is 2. The number of piperazine rings is 1. The van der Waals surface area contributed by atoms with E-state index in [0.717, 1.165) is 94.1 Å². The minimum absolute atomic E-state index is 0.154. The fraction of sp³-hybridized carbons (Fsp3) is 0.447. The lowest BCUT2D eigenvalue weighted by atomic mass is 9.83. The summed E-state index contributed by atoms with van der Waals surface area (Å²) in [7, 11) is -3.20. The molecule has 4 aromatic rings. The van der Waals surface area contributed by atoms with Crippen LogP contribution in [-0.2, 0) is 27.7 Å². The van der Waals surface area contributed by atoms with Gasteiger partial charge in [-0.25, -0.2) is 8.42 Å². The predicted molar refractivity (Wildman–Crippen MR) is 180 cm³/mol. The molecule has 1 aliphatic carbocycles. The van der Waals surface area contributed by atoms with E-state index in [1.54, 1.807) is 0 Å². The van der Waals surface area contributed by atoms with Crippen LogP contribution in [0.5, 0.6) is 0 Å². The fourth-order valence-corrected chi connectivity index (χ4v) is 9.59. The Balaban J connectivity index is 0.942. The van der Waals surface area contributed by atoms with E-state index in [2.05, 4.69) is 69.4 Å². The Morgan fingerprint density at radius 3 is 2.17 bits per heavy atom. The molecule has 3 atom stereocenters. The van der Waals surface area contributed by atoms with E-state index in [1.807, 2.05) is 30.5 Å². The van der Waals surface area contributed by atoms with Gasteiger partial charge in [-0.3, -0.25) is 14.8 Å². The molecular weight excluding hydrogens is 593 g/mol. The highest BCUT2D eigenvalue weighted by molar-refractivity contribution is 7.92. The van der Waals surface area contributed by atoms with Crippen molar-refractivity contribution in [2.24, 2.45) is 5.92 Å². The zero-order chi connectivity index (χ0) is 31.1. The molecule has 3 aliphatic heterocycles. The van der Waals surface area contributed by atoms with E-state index in [-0.39, 0.29) is 11.2 Å². The molecule has 2 aromatic carbocycles. The molecule has 8 heteroatoms. The van der Waals surface area contributed by atoms with Gasteiger partial charge in [0.05, 0.1) is 21.5 Å². The molecule has 2 aromatic heterocycles. The highest BCUT2D eigenvalue weighted by Gasteiger charge is 2.42. The van der Waals surface area contributed by atoms with Gasteiger partial charge in [-0.05, 0) is 91.5 Å². The van der Waals surface area contributed by atoms with Crippen LogP contribution in [0.3, 0.4) is 0 Å². The molecule has 0 amide bonds. The lowest BCUT2D eigenvalue weighted by molar-refractivity contribution is 0.0626. The molecule has 46 heavy (non-hydrogen) atoms. The Bertz CT molecular complexity index is 1730. The van der Waals surface area contributed by atoms with E-state index < -0.39 is 9.84 Å². The van der Waals surface area contributed by atoms with Crippen LogP contribution in [0, 0.1) is 5.92 Å². The quantitative estimate of drug-likeness (QED) is 0.205. The van der Waals surface area contributed by atoms with Crippen molar-refractivity contribution >= 4 is 9.84 Å². The van der Waals surface area contributed by atoms with Crippen LogP contribution in [0.25, 0.3) is 11.4 Å². The van der Waals surface area contributed by atoms with E-state index in [0.29, 0.717) is 22.9 Å². The molecule has 4 fully saturated rings. The second-order valence-corrected chi connectivity index (χ2v) is 16.2. The first-order valence-corrected chi connectivity index (χ1v) is 18.6. The number of nitrogens with zero attached hydrogens (tertiary/aromatic N) is 3. The normalized spacial score (nSPS) is 23.2. The average Bonchev–Trinajstić information content (AvgIpc) is 3.56. The van der Waals surface area contributed by atoms with Gasteiger partial charge < -0.3 is 9.72 Å². The smallest absolute Gasteiger partial charge is 0.181 e. The first-order chi connectivity index (χ1) is 22.5. The minimum Gasteiger partial charge on any atom is -0.381 e. The van der Waals surface area contributed by atoms with Crippen LogP contribution in [0.1, 0.15) is 66.8 Å². The summed E-state index contributed by atoms with van der Waals surface area (Å²) in [5, 5.41) is -0.193. The van der Waals surface area contributed by atoms with Gasteiger partial charge in [0, 0.05) is 69.3 Å². The third kappa shape index (κ3) is 6.33. The lowest BCUT2D eigenvalue weighted by Crippen LogP contribution is -2.45. The Morgan fingerprint density at radius 2 is 1.52 bits per heavy atom. The van der Waals surface area contributed by atoms with Gasteiger partial charge in [0.25, 0.3) is 0 Å². The number of likely N-dealkylation sites (tertiary alicyclic amines) is 2. The van der Waals surface area contributed by atoms with Crippen molar-refractivity contribution in [3.63, 3.8) is 0 Å². The Labute approximate surface area is 272 Å². The molecule has 5 heterocycles. The number of aromatic amines is 1. The third-order valence-corrected chi connectivity index (χ3v) is 13.0. The fourth-order valence-electron chi connectivity index (χ4n) is 7.93. The van der Waals surface area contributed by atoms with Crippen molar-refractivity contribution in [1.82, 2.24) is 19.8 Å². The summed E-state index contributed by atoms with van der Waals surface area (Å²) in [4.78, 5) is 14.3. The number of sulfone groups is 1. The summed E-state index contributed by atoms with van der Waals surface area (Å²) in [5.74, 6) is 0.727. The zero-order valence-electron chi connectivity index (χ0n) is 26.4. The SMILES string of the molecule is O=S(=O)(c1ccc(C(CC2CCOCC2)c2ccc(-c3ccc(CN4C[C@@H]5C[C@H]4CN5Cc4ccccc4)cn3)[nH]2)cc1)C1CC1. The van der Waals surface area contributed by atoms with E-state index in [1.165, 1.54) is 17.5 Å². The number of hydrogen-bond donors (Lipinski definition) is 1. The number of rotatable bonds is 11. The lowest BCUT2D eigenvalue weighted by Gasteiger charge is -2.34. The maximum absolute atomic E-state index is 12.8. The van der Waals surface area contributed by atoms with Crippen molar-refractivity contribution in [1.29, 1.82) is 0 Å². The summed E-state index contributed by atoms with van der Waals surface area (Å²) in [6.07, 6.45) is 7.99. The van der Waals surface area contributed by atoms with Gasteiger partial charge in [-0.15, -0.1) is 0 Å². The average molecular weight is 637 g/mol. The molecule has 3 saturated heterocycles. The number of fused-ring (bicyclic) bond motifs is 2. The second-order valence-electron chi connectivity index (χ2n) is 13.9. The topological polar surface area (TPSA) is 78.5 Å². The van der Waals surface area contributed by atoms with Crippen LogP contribution in [0.2, 0.25) is 0 Å². The standard InChI is InChI=1S/C38H44N4O3S/c43-46(44,34-11-12-34)33-9-7-30(8-10-33)35(20-27-16-18-45-19-17-27)36-14-15-38(40-36)37-13-6-29(22-39-37)24-42-26-31-21-32(42)25-41(31)23-28-4-2-1-3-5-28/h1-10,13-15,22,27,31-32,34-35,40H,11-12,16-21,23-26H2/t31-,32-,35?/m0/s1. The van der Waals surface area contributed by atoms with Gasteiger partial charge in [-0.2, -0.15) is 0 Å². The first kappa shape index (κ1) is 30.1. The highest BCUT2D eigenvalue weighted by atomic mass is 32.2. The molecule has 4 aliphatic rings. The van der Waals surface area contributed by atoms with Crippen LogP contribution in [-0.4, -0.2) is 71.8 Å². The van der Waals surface area contributed by atoms with E-state index in [9.17, 15) is 8.42 Å². The summed E-state index contributed by atoms with van der Waals surface area (Å²) < 4.78 is 31.3. The monoisotopic (exact) mass is 636 g/mol. The van der Waals surface area contributed by atoms with Gasteiger partial charge in [-0.1, -0.05) is 48.5 Å². The number of hydrogen-bond acceptors (Lipinski definition) is 6. The number of ether oxygens (including phenoxy) is 1. The van der Waals surface area contributed by atoms with Gasteiger partial charge >= 0.3 is 0 Å². The third-order valence-electron chi connectivity index (χ3n) is 10.8. The van der Waals surface area contributed by atoms with Gasteiger partial charge in [0.1, 0.15) is 0 Å². The maximum atomic E-state index is 12.8. The number of aromatic nitrogens is 2. The van der Waals surface area contributed by atoms with Crippen LogP contribution < -0.4 is 0 Å². The summed E-state index contributed by atoms with van der Waals surface area (Å²) in [6, 6.07) is 28.5. The Kier molecular flexibility index (Phi) is 8.31. The first-order valence-electron chi connectivity index (χ1n) is 17.1. The Morgan fingerprint density at radius 1 is 0.804 bits per heavy atom. The molecule has 2 bridgehead atoms. The number of pyridine rings is 1.